The fourth-order valence-corrected chi connectivity index (χ4v) is 8.65. The minimum atomic E-state index is -3.86. The van der Waals surface area contributed by atoms with E-state index in [0.29, 0.717) is 39.3 Å². The molecule has 53 heavy (non-hydrogen) atoms. The van der Waals surface area contributed by atoms with Gasteiger partial charge in [0, 0.05) is 41.0 Å². The molecule has 5 aromatic rings. The van der Waals surface area contributed by atoms with Crippen molar-refractivity contribution >= 4 is 49.6 Å². The number of fused-ring (bicyclic) bond motifs is 2. The third-order valence-corrected chi connectivity index (χ3v) is 11.2. The number of ether oxygens (including phenoxy) is 2. The maximum Gasteiger partial charge on any atom is 0.695 e. The number of aromatic amines is 1. The first-order chi connectivity index (χ1) is 25.3. The van der Waals surface area contributed by atoms with Crippen molar-refractivity contribution in [3.05, 3.63) is 82.9 Å². The van der Waals surface area contributed by atoms with Gasteiger partial charge in [-0.15, -0.1) is 9.42 Å². The Morgan fingerprint density at radius 2 is 1.70 bits per heavy atom. The van der Waals surface area contributed by atoms with Crippen LogP contribution in [0.15, 0.2) is 66.0 Å². The van der Waals surface area contributed by atoms with Gasteiger partial charge in [0.05, 0.1) is 30.1 Å². The number of aromatic nitrogens is 6. The monoisotopic (exact) mass is 770 g/mol. The van der Waals surface area contributed by atoms with Gasteiger partial charge in [-0.2, -0.15) is 0 Å². The number of hydrogen-bond acceptors (Lipinski definition) is 13. The van der Waals surface area contributed by atoms with Crippen LogP contribution in [0.25, 0.3) is 22.1 Å². The Hall–Kier alpha value is -4.22. The minimum absolute atomic E-state index is 0.244. The Morgan fingerprint density at radius 1 is 1.00 bits per heavy atom. The molecule has 0 spiro atoms. The Kier molecular flexibility index (Phi) is 10.4. The fourth-order valence-electron chi connectivity index (χ4n) is 6.89. The number of aliphatic hydroxyl groups excluding tert-OH is 1. The summed E-state index contributed by atoms with van der Waals surface area (Å²) in [5, 5.41) is 14.0. The van der Waals surface area contributed by atoms with E-state index in [4.69, 9.17) is 23.0 Å². The molecule has 2 aliphatic rings. The molecule has 4 N–H and O–H groups in total. The van der Waals surface area contributed by atoms with Crippen molar-refractivity contribution in [1.82, 2.24) is 29.1 Å². The number of rotatable bonds is 12. The van der Waals surface area contributed by atoms with Gasteiger partial charge < -0.3 is 43.1 Å². The number of nitrogens with one attached hydrogen (secondary N) is 2. The van der Waals surface area contributed by atoms with Crippen LogP contribution in [-0.4, -0.2) is 89.3 Å². The van der Waals surface area contributed by atoms with Crippen LogP contribution in [0.3, 0.4) is 0 Å². The van der Waals surface area contributed by atoms with E-state index < -0.39 is 71.2 Å². The molecule has 2 saturated heterocycles. The van der Waals surface area contributed by atoms with Gasteiger partial charge in [-0.25, -0.2) is 15.0 Å². The fraction of sp³-hybridized carbons (Fsp3) is 0.424. The van der Waals surface area contributed by atoms with Gasteiger partial charge in [0.15, 0.2) is 12.3 Å². The van der Waals surface area contributed by atoms with Crippen LogP contribution in [-0.2, 0) is 32.2 Å². The first-order valence-electron chi connectivity index (χ1n) is 16.8. The number of carbonyl (C=O) groups excluding carboxylic acids is 1. The summed E-state index contributed by atoms with van der Waals surface area (Å²) >= 11 is 0. The summed E-state index contributed by atoms with van der Waals surface area (Å²) in [5.74, 6) is -0.672. The van der Waals surface area contributed by atoms with Crippen LogP contribution in [0.5, 0.6) is 0 Å². The summed E-state index contributed by atoms with van der Waals surface area (Å²) in [4.78, 5) is 50.8. The van der Waals surface area contributed by atoms with E-state index >= 15 is 0 Å². The van der Waals surface area contributed by atoms with Gasteiger partial charge in [-0.05, 0) is 31.2 Å². The molecule has 6 heterocycles. The number of H-pyrrole nitrogens is 1. The van der Waals surface area contributed by atoms with Gasteiger partial charge in [0.2, 0.25) is 0 Å². The molecule has 4 aromatic heterocycles. The predicted octanol–water partition coefficient (Wildman–Crippen LogP) is 4.05. The molecule has 0 saturated carbocycles. The number of aliphatic hydroxyl groups is 1. The van der Waals surface area contributed by atoms with Gasteiger partial charge in [0.1, 0.15) is 47.7 Å². The van der Waals surface area contributed by atoms with Crippen LogP contribution < -0.4 is 10.9 Å². The zero-order valence-corrected chi connectivity index (χ0v) is 30.8. The van der Waals surface area contributed by atoms with Crippen molar-refractivity contribution in [2.75, 3.05) is 25.2 Å². The second-order valence-corrected chi connectivity index (χ2v) is 15.8. The molecular formula is C33H38N7O11P2+. The molecule has 20 heteroatoms. The topological polar surface area (TPSA) is 231 Å². The third kappa shape index (κ3) is 7.34. The van der Waals surface area contributed by atoms with Crippen LogP contribution in [0.2, 0.25) is 0 Å². The molecule has 2 fully saturated rings. The molecule has 280 valence electrons. The number of anilines is 1. The summed E-state index contributed by atoms with van der Waals surface area (Å²) in [6, 6.07) is 12.0. The summed E-state index contributed by atoms with van der Waals surface area (Å²) in [6.07, 6.45) is -0.535. The Bertz CT molecular complexity index is 2260. The summed E-state index contributed by atoms with van der Waals surface area (Å²) < 4.78 is 58.7. The highest BCUT2D eigenvalue weighted by molar-refractivity contribution is 7.53. The first-order valence-corrected chi connectivity index (χ1v) is 19.9. The Balaban J connectivity index is 1.05. The number of carbonyl (C=O) groups is 1. The average molecular weight is 771 g/mol. The maximum absolute atomic E-state index is 13.9. The number of hydrogen-bond donors (Lipinski definition) is 4. The van der Waals surface area contributed by atoms with Crippen LogP contribution in [0.4, 0.5) is 5.82 Å². The van der Waals surface area contributed by atoms with Gasteiger partial charge in [0.25, 0.3) is 11.5 Å². The summed E-state index contributed by atoms with van der Waals surface area (Å²) in [7, 11) is -6.89. The van der Waals surface area contributed by atoms with Crippen molar-refractivity contribution in [2.45, 2.75) is 57.6 Å². The van der Waals surface area contributed by atoms with Crippen molar-refractivity contribution < 1.29 is 47.0 Å². The largest absolute Gasteiger partial charge is 0.695 e. The van der Waals surface area contributed by atoms with Gasteiger partial charge >= 0.3 is 15.9 Å². The second-order valence-electron chi connectivity index (χ2n) is 13.1. The highest BCUT2D eigenvalue weighted by Gasteiger charge is 2.50. The molecule has 4 unspecified atom stereocenters. The predicted molar refractivity (Wildman–Crippen MR) is 189 cm³/mol. The Labute approximate surface area is 302 Å². The van der Waals surface area contributed by atoms with Crippen molar-refractivity contribution in [1.29, 1.82) is 0 Å². The highest BCUT2D eigenvalue weighted by Crippen LogP contribution is 2.52. The number of amides is 1. The molecule has 1 amide bonds. The van der Waals surface area contributed by atoms with E-state index in [9.17, 15) is 28.7 Å². The van der Waals surface area contributed by atoms with E-state index in [1.807, 2.05) is 13.0 Å². The van der Waals surface area contributed by atoms with E-state index in [1.165, 1.54) is 13.0 Å². The zero-order chi connectivity index (χ0) is 37.6. The van der Waals surface area contributed by atoms with Crippen LogP contribution in [0.1, 0.15) is 42.5 Å². The molecule has 18 nitrogen and oxygen atoms in total. The lowest BCUT2D eigenvalue weighted by atomic mass is 10.0. The molecule has 0 radical (unpaired) electrons. The smallest absolute Gasteiger partial charge is 0.394 e. The van der Waals surface area contributed by atoms with Crippen molar-refractivity contribution in [3.63, 3.8) is 0 Å². The van der Waals surface area contributed by atoms with E-state index in [1.54, 1.807) is 71.8 Å². The summed E-state index contributed by atoms with van der Waals surface area (Å²) in [5.41, 5.74) is 0.872. The van der Waals surface area contributed by atoms with E-state index in [0.717, 1.165) is 0 Å². The highest BCUT2D eigenvalue weighted by atomic mass is 31.2. The summed E-state index contributed by atoms with van der Waals surface area (Å²) in [6.45, 7) is 5.80. The molecule has 7 rings (SSSR count). The van der Waals surface area contributed by atoms with E-state index in [2.05, 4.69) is 25.3 Å². The molecule has 2 aliphatic heterocycles. The molecular weight excluding hydrogens is 732 g/mol. The van der Waals surface area contributed by atoms with Crippen molar-refractivity contribution in [3.8, 4) is 0 Å². The second kappa shape index (κ2) is 14.9. The third-order valence-electron chi connectivity index (χ3n) is 9.55. The lowest BCUT2D eigenvalue weighted by Gasteiger charge is -2.26. The quantitative estimate of drug-likeness (QED) is 0.131. The number of nitrogens with zero attached hydrogens (tertiary/aromatic N) is 5. The standard InChI is InChI=1S/C33H37N7O11P2/c1-17-24(49-33(26(17)50-52(44)45)40-13-11-22-29(40)36-19(3)37-31(22)43)15-47-53(4,46)51-25-18(2)32(48-23(25)14-41)39-12-10-21-27(34-16-35-28(21)39)38-30(42)20-8-6-5-7-9-20/h5-13,16-18,23-26,32-33,41H,14-15H2,1-4H3,(H2-,34,35,36,37,38,42,43,44,45)/p+1/t17?,18?,23-,24-,25-,26+,32-,33-,53?/m1/s1. The molecule has 1 aromatic carbocycles. The lowest BCUT2D eigenvalue weighted by molar-refractivity contribution is -0.0496. The van der Waals surface area contributed by atoms with E-state index in [-0.39, 0.29) is 18.1 Å². The zero-order valence-electron chi connectivity index (χ0n) is 29.0. The molecule has 0 bridgehead atoms. The average Bonchev–Trinajstić information content (AvgIpc) is 3.89. The SMILES string of the molecule is Cc1nc2c(ccn2[C@@H]2O[C@H](COP(C)(=O)O[C@@H]3C(C)[C@H](n4ccc5c(NC(=O)c6ccccc6)ncnc54)O[C@@H]3CO)C(C)[C@@H]2O[P+](=O)O)c(=O)[nH]1. The lowest BCUT2D eigenvalue weighted by Crippen LogP contribution is -2.31. The van der Waals surface area contributed by atoms with Crippen molar-refractivity contribution in [2.24, 2.45) is 11.8 Å². The number of benzene rings is 1. The first kappa shape index (κ1) is 37.1. The minimum Gasteiger partial charge on any atom is -0.394 e. The number of aryl methyl sites for hydroxylation is 1. The Morgan fingerprint density at radius 3 is 2.42 bits per heavy atom. The van der Waals surface area contributed by atoms with Gasteiger partial charge in [-0.1, -0.05) is 32.0 Å². The van der Waals surface area contributed by atoms with Gasteiger partial charge in [-0.3, -0.25) is 14.2 Å². The normalized spacial score (nSPS) is 27.3. The maximum atomic E-state index is 13.9. The molecule has 10 atom stereocenters. The molecule has 0 aliphatic carbocycles. The van der Waals surface area contributed by atoms with Crippen LogP contribution >= 0.6 is 15.9 Å². The van der Waals surface area contributed by atoms with Crippen LogP contribution in [0, 0.1) is 18.8 Å².